The van der Waals surface area contributed by atoms with Crippen LogP contribution in [-0.2, 0) is 16.8 Å². The van der Waals surface area contributed by atoms with Gasteiger partial charge >= 0.3 is 5.97 Å². The summed E-state index contributed by atoms with van der Waals surface area (Å²) in [6.07, 6.45) is 1.33. The van der Waals surface area contributed by atoms with Crippen molar-refractivity contribution in [1.82, 2.24) is 15.1 Å². The molecule has 6 nitrogen and oxygen atoms in total. The summed E-state index contributed by atoms with van der Waals surface area (Å²) < 4.78 is 35.0. The predicted molar refractivity (Wildman–Crippen MR) is 78.2 cm³/mol. The third-order valence-electron chi connectivity index (χ3n) is 2.66. The number of pyridine rings is 1. The van der Waals surface area contributed by atoms with Crippen LogP contribution in [0.1, 0.15) is 42.8 Å². The van der Waals surface area contributed by atoms with Gasteiger partial charge in [-0.1, -0.05) is 25.9 Å². The first-order chi connectivity index (χ1) is 10.8. The molecule has 2 rings (SSSR count). The lowest BCUT2D eigenvalue weighted by molar-refractivity contribution is 0.0424. The molecule has 2 aromatic heterocycles. The molecule has 0 aliphatic heterocycles. The van der Waals surface area contributed by atoms with Gasteiger partial charge in [0.25, 0.3) is 11.6 Å². The normalized spacial score (nSPS) is 11.7. The zero-order chi connectivity index (χ0) is 17.0. The van der Waals surface area contributed by atoms with Crippen molar-refractivity contribution in [2.24, 2.45) is 0 Å². The fourth-order valence-corrected chi connectivity index (χ4v) is 2.12. The molecule has 0 saturated carbocycles. The molecule has 0 N–H and O–H groups in total. The molecule has 0 aliphatic carbocycles. The van der Waals surface area contributed by atoms with E-state index in [0.717, 1.165) is 0 Å². The van der Waals surface area contributed by atoms with Gasteiger partial charge in [-0.3, -0.25) is 0 Å². The van der Waals surface area contributed by atoms with Gasteiger partial charge in [-0.05, 0) is 23.9 Å². The van der Waals surface area contributed by atoms with Crippen LogP contribution in [0.2, 0.25) is 0 Å². The van der Waals surface area contributed by atoms with Gasteiger partial charge in [-0.2, -0.15) is 13.8 Å². The summed E-state index contributed by atoms with van der Waals surface area (Å²) in [5.74, 6) is -2.84. The highest BCUT2D eigenvalue weighted by molar-refractivity contribution is 7.99. The van der Waals surface area contributed by atoms with E-state index in [1.807, 2.05) is 20.8 Å². The molecule has 0 aliphatic rings. The highest BCUT2D eigenvalue weighted by Gasteiger charge is 2.22. The number of carbonyl (C=O) groups is 1. The fourth-order valence-electron chi connectivity index (χ4n) is 1.55. The number of aromatic nitrogens is 3. The minimum atomic E-state index is -2.68. The number of hydrogen-bond donors (Lipinski definition) is 0. The lowest BCUT2D eigenvalue weighted by Crippen LogP contribution is -2.13. The van der Waals surface area contributed by atoms with Gasteiger partial charge in [0.2, 0.25) is 0 Å². The van der Waals surface area contributed by atoms with E-state index in [-0.39, 0.29) is 40.3 Å². The van der Waals surface area contributed by atoms with E-state index in [4.69, 9.17) is 9.26 Å². The van der Waals surface area contributed by atoms with Gasteiger partial charge in [0.1, 0.15) is 5.03 Å². The lowest BCUT2D eigenvalue weighted by Gasteiger charge is -2.10. The molecule has 2 heterocycles. The molecular weight excluding hydrogens is 328 g/mol. The van der Waals surface area contributed by atoms with E-state index >= 15 is 0 Å². The van der Waals surface area contributed by atoms with Gasteiger partial charge < -0.3 is 9.26 Å². The molecule has 0 aromatic carbocycles. The van der Waals surface area contributed by atoms with Gasteiger partial charge in [0.15, 0.2) is 12.4 Å². The molecule has 0 spiro atoms. The zero-order valence-corrected chi connectivity index (χ0v) is 13.6. The Hall–Kier alpha value is -2.03. The summed E-state index contributed by atoms with van der Waals surface area (Å²) in [6.45, 7) is 5.50. The number of carbonyl (C=O) groups excluding carboxylic acids is 1. The van der Waals surface area contributed by atoms with E-state index in [1.54, 1.807) is 0 Å². The summed E-state index contributed by atoms with van der Waals surface area (Å²) in [5.41, 5.74) is -0.329. The van der Waals surface area contributed by atoms with Gasteiger partial charge in [-0.25, -0.2) is 9.78 Å². The molecule has 0 atom stereocenters. The summed E-state index contributed by atoms with van der Waals surface area (Å²) in [4.78, 5) is 19.9. The van der Waals surface area contributed by atoms with Crippen LogP contribution in [0.3, 0.4) is 0 Å². The van der Waals surface area contributed by atoms with Crippen molar-refractivity contribution in [3.05, 3.63) is 35.6 Å². The standard InChI is InChI=1S/C14H15F2N3O3S/c1-14(2,3)12-18-9(22-19-12)7-21-11(20)8-5-4-6-17-10(8)23-13(15)16/h4-6,13H,7H2,1-3H3. The van der Waals surface area contributed by atoms with Crippen molar-refractivity contribution in [2.45, 2.75) is 43.6 Å². The Morgan fingerprint density at radius 3 is 2.78 bits per heavy atom. The van der Waals surface area contributed by atoms with Crippen LogP contribution in [-0.4, -0.2) is 26.9 Å². The van der Waals surface area contributed by atoms with E-state index < -0.39 is 11.7 Å². The molecule has 0 saturated heterocycles. The van der Waals surface area contributed by atoms with Crippen LogP contribution in [0.15, 0.2) is 27.9 Å². The first-order valence-corrected chi connectivity index (χ1v) is 7.55. The molecular formula is C14H15F2N3O3S. The highest BCUT2D eigenvalue weighted by atomic mass is 32.2. The zero-order valence-electron chi connectivity index (χ0n) is 12.7. The number of hydrogen-bond acceptors (Lipinski definition) is 7. The average Bonchev–Trinajstić information content (AvgIpc) is 2.93. The molecule has 0 fully saturated rings. The number of alkyl halides is 2. The van der Waals surface area contributed by atoms with E-state index in [0.29, 0.717) is 5.82 Å². The number of ether oxygens (including phenoxy) is 1. The van der Waals surface area contributed by atoms with Crippen LogP contribution in [0, 0.1) is 0 Å². The molecule has 124 valence electrons. The summed E-state index contributed by atoms with van der Waals surface area (Å²) in [5, 5.41) is 3.71. The summed E-state index contributed by atoms with van der Waals surface area (Å²) in [7, 11) is 0. The lowest BCUT2D eigenvalue weighted by atomic mass is 9.96. The number of esters is 1. The summed E-state index contributed by atoms with van der Waals surface area (Å²) in [6, 6.07) is 2.84. The van der Waals surface area contributed by atoms with Crippen molar-refractivity contribution in [3.63, 3.8) is 0 Å². The highest BCUT2D eigenvalue weighted by Crippen LogP contribution is 2.27. The molecule has 23 heavy (non-hydrogen) atoms. The molecule has 0 radical (unpaired) electrons. The van der Waals surface area contributed by atoms with Crippen molar-refractivity contribution in [2.75, 3.05) is 0 Å². The second kappa shape index (κ2) is 7.03. The number of rotatable bonds is 5. The second-order valence-electron chi connectivity index (χ2n) is 5.57. The minimum absolute atomic E-state index is 0.0339. The number of nitrogens with zero attached hydrogens (tertiary/aromatic N) is 3. The SMILES string of the molecule is CC(C)(C)c1noc(COC(=O)c2cccnc2SC(F)F)n1. The van der Waals surface area contributed by atoms with Crippen molar-refractivity contribution in [3.8, 4) is 0 Å². The summed E-state index contributed by atoms with van der Waals surface area (Å²) >= 11 is 0.186. The number of thioether (sulfide) groups is 1. The van der Waals surface area contributed by atoms with Crippen LogP contribution in [0.5, 0.6) is 0 Å². The van der Waals surface area contributed by atoms with Gasteiger partial charge in [0.05, 0.1) is 5.56 Å². The van der Waals surface area contributed by atoms with Crippen LogP contribution in [0.25, 0.3) is 0 Å². The third-order valence-corrected chi connectivity index (χ3v) is 3.38. The monoisotopic (exact) mass is 343 g/mol. The molecule has 0 bridgehead atoms. The van der Waals surface area contributed by atoms with E-state index in [1.165, 1.54) is 18.3 Å². The second-order valence-corrected chi connectivity index (χ2v) is 6.55. The minimum Gasteiger partial charge on any atom is -0.452 e. The Morgan fingerprint density at radius 2 is 2.17 bits per heavy atom. The first kappa shape index (κ1) is 17.3. The van der Waals surface area contributed by atoms with Gasteiger partial charge in [-0.15, -0.1) is 0 Å². The van der Waals surface area contributed by atoms with Crippen molar-refractivity contribution in [1.29, 1.82) is 0 Å². The van der Waals surface area contributed by atoms with E-state index in [9.17, 15) is 13.6 Å². The third kappa shape index (κ3) is 4.72. The number of halogens is 2. The Bertz CT molecular complexity index is 686. The molecule has 2 aromatic rings. The topological polar surface area (TPSA) is 78.1 Å². The fraction of sp³-hybridized carbons (Fsp3) is 0.429. The van der Waals surface area contributed by atoms with Gasteiger partial charge in [0, 0.05) is 11.6 Å². The Kier molecular flexibility index (Phi) is 5.30. The Labute approximate surface area is 135 Å². The maximum absolute atomic E-state index is 12.5. The van der Waals surface area contributed by atoms with Crippen LogP contribution < -0.4 is 0 Å². The Balaban J connectivity index is 2.04. The quantitative estimate of drug-likeness (QED) is 0.608. The maximum Gasteiger partial charge on any atom is 0.341 e. The Morgan fingerprint density at radius 1 is 1.43 bits per heavy atom. The molecule has 9 heteroatoms. The molecule has 0 unspecified atom stereocenters. The van der Waals surface area contributed by atoms with Crippen molar-refractivity contribution < 1.29 is 22.8 Å². The van der Waals surface area contributed by atoms with E-state index in [2.05, 4.69) is 15.1 Å². The van der Waals surface area contributed by atoms with Crippen LogP contribution in [0.4, 0.5) is 8.78 Å². The predicted octanol–water partition coefficient (Wildman–Crippen LogP) is 3.43. The smallest absolute Gasteiger partial charge is 0.341 e. The van der Waals surface area contributed by atoms with Crippen LogP contribution >= 0.6 is 11.8 Å². The van der Waals surface area contributed by atoms with Crippen molar-refractivity contribution >= 4 is 17.7 Å². The average molecular weight is 343 g/mol. The maximum atomic E-state index is 12.5. The molecule has 0 amide bonds. The first-order valence-electron chi connectivity index (χ1n) is 6.67. The largest absolute Gasteiger partial charge is 0.452 e.